The third kappa shape index (κ3) is 0.813. The number of nitrogens with one attached hydrogen (secondary N) is 3. The number of rotatable bonds is 0. The quantitative estimate of drug-likeness (QED) is 0.379. The van der Waals surface area contributed by atoms with Gasteiger partial charge in [-0.1, -0.05) is 0 Å². The highest BCUT2D eigenvalue weighted by molar-refractivity contribution is 5.78. The lowest BCUT2D eigenvalue weighted by atomic mass is 10.2. The van der Waals surface area contributed by atoms with Crippen molar-refractivity contribution in [2.24, 2.45) is 0 Å². The molecular weight excluding hydrogens is 146 g/mol. The van der Waals surface area contributed by atoms with Crippen LogP contribution in [0.4, 0.5) is 4.79 Å². The lowest BCUT2D eigenvalue weighted by Crippen LogP contribution is -2.48. The normalized spacial score (nSPS) is 27.3. The predicted molar refractivity (Wildman–Crippen MR) is 37.4 cm³/mol. The van der Waals surface area contributed by atoms with Crippen LogP contribution >= 0.6 is 0 Å². The Kier molecular flexibility index (Phi) is 1.06. The Labute approximate surface area is 62.8 Å². The van der Waals surface area contributed by atoms with Gasteiger partial charge < -0.3 is 15.7 Å². The number of amides is 2. The molecule has 58 valence electrons. The van der Waals surface area contributed by atoms with Gasteiger partial charge in [-0.25, -0.2) is 4.79 Å². The second-order valence-corrected chi connectivity index (χ2v) is 2.34. The van der Waals surface area contributed by atoms with Crippen LogP contribution in [-0.2, 0) is 0 Å². The van der Waals surface area contributed by atoms with Crippen LogP contribution in [0.15, 0.2) is 23.9 Å². The van der Waals surface area contributed by atoms with Gasteiger partial charge in [0.25, 0.3) is 0 Å². The second-order valence-electron chi connectivity index (χ2n) is 2.34. The van der Waals surface area contributed by atoms with Crippen LogP contribution in [0, 0.1) is 0 Å². The fourth-order valence-corrected chi connectivity index (χ4v) is 1.11. The first-order chi connectivity index (χ1) is 5.27. The van der Waals surface area contributed by atoms with Crippen LogP contribution < -0.4 is 16.0 Å². The molecule has 2 aliphatic heterocycles. The molecule has 0 saturated heterocycles. The fraction of sp³-hybridized carbons (Fsp3) is 0.167. The lowest BCUT2D eigenvalue weighted by Gasteiger charge is -2.20. The van der Waals surface area contributed by atoms with Crippen LogP contribution in [0.2, 0.25) is 0 Å². The van der Waals surface area contributed by atoms with E-state index < -0.39 is 0 Å². The van der Waals surface area contributed by atoms with Crippen LogP contribution in [0.5, 0.6) is 0 Å². The standard InChI is InChI=1S/C6H7N3O2/c10-5-4-3(1-2-7-4)8-6(11)9-5/h1-3,7,10H,(H2,8,9,11). The topological polar surface area (TPSA) is 73.4 Å². The Bertz CT molecular complexity index is 269. The van der Waals surface area contributed by atoms with E-state index in [0.29, 0.717) is 5.70 Å². The number of aliphatic hydroxyl groups is 1. The third-order valence-electron chi connectivity index (χ3n) is 1.61. The van der Waals surface area contributed by atoms with Gasteiger partial charge in [0.2, 0.25) is 5.88 Å². The van der Waals surface area contributed by atoms with Crippen molar-refractivity contribution in [2.75, 3.05) is 0 Å². The second kappa shape index (κ2) is 1.91. The minimum absolute atomic E-state index is 0.108. The van der Waals surface area contributed by atoms with Crippen LogP contribution in [0.25, 0.3) is 0 Å². The number of hydrogen-bond acceptors (Lipinski definition) is 3. The molecule has 0 bridgehead atoms. The molecule has 0 fully saturated rings. The molecule has 4 N–H and O–H groups in total. The molecule has 5 heteroatoms. The molecule has 0 aliphatic carbocycles. The van der Waals surface area contributed by atoms with Crippen molar-refractivity contribution in [3.63, 3.8) is 0 Å². The van der Waals surface area contributed by atoms with Crippen LogP contribution in [0.1, 0.15) is 0 Å². The lowest BCUT2D eigenvalue weighted by molar-refractivity contribution is 0.229. The van der Waals surface area contributed by atoms with Gasteiger partial charge in [-0.3, -0.25) is 5.32 Å². The maximum absolute atomic E-state index is 10.7. The molecule has 2 amide bonds. The van der Waals surface area contributed by atoms with Crippen LogP contribution in [0.3, 0.4) is 0 Å². The molecule has 0 radical (unpaired) electrons. The molecule has 2 rings (SSSR count). The summed E-state index contributed by atoms with van der Waals surface area (Å²) in [4.78, 5) is 10.7. The largest absolute Gasteiger partial charge is 0.493 e. The van der Waals surface area contributed by atoms with Crippen molar-refractivity contribution in [3.05, 3.63) is 23.9 Å². The van der Waals surface area contributed by atoms with Crippen LogP contribution in [-0.4, -0.2) is 17.2 Å². The van der Waals surface area contributed by atoms with Gasteiger partial charge in [-0.2, -0.15) is 0 Å². The van der Waals surface area contributed by atoms with Gasteiger partial charge in [0.1, 0.15) is 5.70 Å². The zero-order valence-corrected chi connectivity index (χ0v) is 5.59. The van der Waals surface area contributed by atoms with Gasteiger partial charge in [0, 0.05) is 0 Å². The van der Waals surface area contributed by atoms with Crippen molar-refractivity contribution in [2.45, 2.75) is 6.04 Å². The summed E-state index contributed by atoms with van der Waals surface area (Å²) in [5, 5.41) is 16.8. The highest BCUT2D eigenvalue weighted by Gasteiger charge is 2.26. The zero-order chi connectivity index (χ0) is 7.84. The number of aliphatic hydroxyl groups excluding tert-OH is 1. The number of carbonyl (C=O) groups is 1. The predicted octanol–water partition coefficient (Wildman–Crippen LogP) is -0.488. The van der Waals surface area contributed by atoms with E-state index in [0.717, 1.165) is 0 Å². The summed E-state index contributed by atoms with van der Waals surface area (Å²) < 4.78 is 0. The number of carbonyl (C=O) groups excluding carboxylic acids is 1. The number of fused-ring (bicyclic) bond motifs is 1. The molecule has 2 heterocycles. The summed E-state index contributed by atoms with van der Waals surface area (Å²) in [6.45, 7) is 0. The Balaban J connectivity index is 2.35. The summed E-state index contributed by atoms with van der Waals surface area (Å²) in [5.41, 5.74) is 0.588. The minimum Gasteiger partial charge on any atom is -0.493 e. The maximum atomic E-state index is 10.7. The van der Waals surface area contributed by atoms with E-state index in [-0.39, 0.29) is 18.0 Å². The SMILES string of the molecule is O=C1NC(O)=C2NC=CC2N1. The molecule has 0 aromatic carbocycles. The van der Waals surface area contributed by atoms with Gasteiger partial charge >= 0.3 is 6.03 Å². The van der Waals surface area contributed by atoms with Crippen molar-refractivity contribution in [1.82, 2.24) is 16.0 Å². The molecular formula is C6H7N3O2. The van der Waals surface area contributed by atoms with E-state index in [2.05, 4.69) is 16.0 Å². The first kappa shape index (κ1) is 6.09. The molecule has 2 aliphatic rings. The van der Waals surface area contributed by atoms with Crippen molar-refractivity contribution < 1.29 is 9.90 Å². The first-order valence-electron chi connectivity index (χ1n) is 3.21. The summed E-state index contributed by atoms with van der Waals surface area (Å²) in [5.74, 6) is -0.108. The molecule has 5 nitrogen and oxygen atoms in total. The van der Waals surface area contributed by atoms with E-state index in [1.54, 1.807) is 12.3 Å². The Morgan fingerprint density at radius 1 is 1.55 bits per heavy atom. The molecule has 0 aromatic heterocycles. The summed E-state index contributed by atoms with van der Waals surface area (Å²) in [6, 6.07) is -0.589. The van der Waals surface area contributed by atoms with E-state index in [1.807, 2.05) is 0 Å². The minimum atomic E-state index is -0.385. The summed E-state index contributed by atoms with van der Waals surface area (Å²) in [7, 11) is 0. The number of urea groups is 1. The highest BCUT2D eigenvalue weighted by atomic mass is 16.3. The fourth-order valence-electron chi connectivity index (χ4n) is 1.11. The van der Waals surface area contributed by atoms with E-state index in [9.17, 15) is 4.79 Å². The van der Waals surface area contributed by atoms with E-state index in [1.165, 1.54) is 0 Å². The summed E-state index contributed by atoms with van der Waals surface area (Å²) in [6.07, 6.45) is 3.42. The summed E-state index contributed by atoms with van der Waals surface area (Å²) >= 11 is 0. The smallest absolute Gasteiger partial charge is 0.322 e. The monoisotopic (exact) mass is 153 g/mol. The Hall–Kier alpha value is -1.65. The van der Waals surface area contributed by atoms with Gasteiger partial charge in [0.05, 0.1) is 6.04 Å². The van der Waals surface area contributed by atoms with Crippen molar-refractivity contribution in [1.29, 1.82) is 0 Å². The highest BCUT2D eigenvalue weighted by Crippen LogP contribution is 2.12. The Morgan fingerprint density at radius 2 is 2.36 bits per heavy atom. The maximum Gasteiger partial charge on any atom is 0.322 e. The molecule has 0 saturated carbocycles. The van der Waals surface area contributed by atoms with Gasteiger partial charge in [0.15, 0.2) is 0 Å². The zero-order valence-electron chi connectivity index (χ0n) is 5.59. The van der Waals surface area contributed by atoms with Crippen molar-refractivity contribution in [3.8, 4) is 0 Å². The molecule has 1 unspecified atom stereocenters. The van der Waals surface area contributed by atoms with Gasteiger partial charge in [-0.05, 0) is 12.3 Å². The molecule has 11 heavy (non-hydrogen) atoms. The van der Waals surface area contributed by atoms with E-state index in [4.69, 9.17) is 5.11 Å². The third-order valence-corrected chi connectivity index (χ3v) is 1.61. The van der Waals surface area contributed by atoms with Gasteiger partial charge in [-0.15, -0.1) is 0 Å². The molecule has 0 aromatic rings. The average molecular weight is 153 g/mol. The molecule has 1 atom stereocenters. The Morgan fingerprint density at radius 3 is 3.18 bits per heavy atom. The van der Waals surface area contributed by atoms with Crippen molar-refractivity contribution >= 4 is 6.03 Å². The number of hydrogen-bond donors (Lipinski definition) is 4. The van der Waals surface area contributed by atoms with E-state index >= 15 is 0 Å². The average Bonchev–Trinajstić information content (AvgIpc) is 2.34. The first-order valence-corrected chi connectivity index (χ1v) is 3.21. The molecule has 0 spiro atoms.